The Labute approximate surface area is 155 Å². The third-order valence-electron chi connectivity index (χ3n) is 3.42. The topological polar surface area (TPSA) is 83.1 Å². The Morgan fingerprint density at radius 2 is 1.85 bits per heavy atom. The third kappa shape index (κ3) is 5.15. The van der Waals surface area contributed by atoms with Gasteiger partial charge in [0.25, 0.3) is 0 Å². The second-order valence-electron chi connectivity index (χ2n) is 5.62. The molecular weight excluding hydrogens is 348 g/mol. The summed E-state index contributed by atoms with van der Waals surface area (Å²) in [6, 6.07) is 14.8. The second kappa shape index (κ2) is 8.26. The Morgan fingerprint density at radius 1 is 1.00 bits per heavy atom. The van der Waals surface area contributed by atoms with Crippen molar-refractivity contribution in [3.8, 4) is 0 Å². The Kier molecular flexibility index (Phi) is 5.60. The molecule has 1 aromatic carbocycles. The molecule has 0 unspecified atom stereocenters. The molecule has 0 radical (unpaired) electrons. The molecule has 3 rings (SSSR count). The summed E-state index contributed by atoms with van der Waals surface area (Å²) in [7, 11) is 0. The van der Waals surface area contributed by atoms with Gasteiger partial charge in [0.1, 0.15) is 5.82 Å². The molecule has 2 amide bonds. The molecule has 3 N–H and O–H groups in total. The van der Waals surface area contributed by atoms with Crippen LogP contribution in [-0.2, 0) is 16.0 Å². The smallest absolute Gasteiger partial charge is 0.230 e. The van der Waals surface area contributed by atoms with E-state index in [-0.39, 0.29) is 11.8 Å². The summed E-state index contributed by atoms with van der Waals surface area (Å²) in [5, 5.41) is 10.7. The second-order valence-corrected chi connectivity index (χ2v) is 6.66. The van der Waals surface area contributed by atoms with Crippen molar-refractivity contribution in [1.82, 2.24) is 4.98 Å². The number of carbonyl (C=O) groups is 2. The average molecular weight is 366 g/mol. The lowest BCUT2D eigenvalue weighted by Gasteiger charge is -2.09. The van der Waals surface area contributed by atoms with Crippen LogP contribution in [0.5, 0.6) is 0 Å². The highest BCUT2D eigenvalue weighted by Crippen LogP contribution is 2.20. The van der Waals surface area contributed by atoms with Crippen molar-refractivity contribution in [2.45, 2.75) is 13.3 Å². The van der Waals surface area contributed by atoms with Crippen LogP contribution in [0.2, 0.25) is 0 Å². The molecule has 0 spiro atoms. The Morgan fingerprint density at radius 3 is 2.54 bits per heavy atom. The molecular formula is C19H18N4O2S. The highest BCUT2D eigenvalue weighted by atomic mass is 32.1. The zero-order chi connectivity index (χ0) is 18.4. The van der Waals surface area contributed by atoms with Gasteiger partial charge in [-0.3, -0.25) is 9.59 Å². The number of carbonyl (C=O) groups excluding carboxylic acids is 2. The first-order chi connectivity index (χ1) is 12.6. The molecule has 0 fully saturated rings. The number of thiophene rings is 1. The monoisotopic (exact) mass is 366 g/mol. The Hall–Kier alpha value is -3.19. The molecule has 0 aliphatic heterocycles. The Balaban J connectivity index is 1.59. The van der Waals surface area contributed by atoms with Crippen LogP contribution in [0.3, 0.4) is 0 Å². The molecule has 2 aromatic heterocycles. The maximum atomic E-state index is 12.0. The van der Waals surface area contributed by atoms with Crippen LogP contribution in [0.15, 0.2) is 60.1 Å². The van der Waals surface area contributed by atoms with E-state index in [4.69, 9.17) is 0 Å². The van der Waals surface area contributed by atoms with Gasteiger partial charge >= 0.3 is 0 Å². The first-order valence-corrected chi connectivity index (χ1v) is 8.89. The van der Waals surface area contributed by atoms with Crippen LogP contribution in [0, 0.1) is 0 Å². The molecule has 0 aliphatic carbocycles. The number of amides is 2. The summed E-state index contributed by atoms with van der Waals surface area (Å²) < 4.78 is 0. The molecule has 3 aromatic rings. The van der Waals surface area contributed by atoms with Crippen molar-refractivity contribution < 1.29 is 9.59 Å². The van der Waals surface area contributed by atoms with Gasteiger partial charge in [0, 0.05) is 23.2 Å². The average Bonchev–Trinajstić information content (AvgIpc) is 3.09. The lowest BCUT2D eigenvalue weighted by atomic mass is 10.2. The highest BCUT2D eigenvalue weighted by Gasteiger charge is 2.06. The number of benzene rings is 1. The maximum Gasteiger partial charge on any atom is 0.230 e. The van der Waals surface area contributed by atoms with E-state index in [1.165, 1.54) is 6.92 Å². The van der Waals surface area contributed by atoms with Gasteiger partial charge in [0.05, 0.1) is 18.3 Å². The lowest BCUT2D eigenvalue weighted by molar-refractivity contribution is -0.116. The minimum absolute atomic E-state index is 0.0938. The van der Waals surface area contributed by atoms with E-state index in [2.05, 4.69) is 20.9 Å². The SMILES string of the molecule is CC(=O)Nc1cccc(Nc2ccc(NC(=O)Cc3cccs3)nc2)c1. The molecule has 132 valence electrons. The molecule has 0 saturated heterocycles. The van der Waals surface area contributed by atoms with Gasteiger partial charge in [-0.2, -0.15) is 0 Å². The third-order valence-corrected chi connectivity index (χ3v) is 4.29. The molecule has 0 bridgehead atoms. The van der Waals surface area contributed by atoms with Crippen molar-refractivity contribution in [2.24, 2.45) is 0 Å². The largest absolute Gasteiger partial charge is 0.354 e. The number of nitrogens with one attached hydrogen (secondary N) is 3. The van der Waals surface area contributed by atoms with Crippen LogP contribution in [0.4, 0.5) is 22.9 Å². The fourth-order valence-electron chi connectivity index (χ4n) is 2.34. The zero-order valence-corrected chi connectivity index (χ0v) is 15.0. The summed E-state index contributed by atoms with van der Waals surface area (Å²) in [4.78, 5) is 28.4. The molecule has 6 nitrogen and oxygen atoms in total. The zero-order valence-electron chi connectivity index (χ0n) is 14.2. The van der Waals surface area contributed by atoms with E-state index in [1.807, 2.05) is 47.8 Å². The van der Waals surface area contributed by atoms with Gasteiger partial charge in [0.15, 0.2) is 0 Å². The van der Waals surface area contributed by atoms with E-state index in [1.54, 1.807) is 23.6 Å². The first-order valence-electron chi connectivity index (χ1n) is 8.01. The van der Waals surface area contributed by atoms with Crippen molar-refractivity contribution in [1.29, 1.82) is 0 Å². The minimum Gasteiger partial charge on any atom is -0.354 e. The summed E-state index contributed by atoms with van der Waals surface area (Å²) >= 11 is 1.55. The van der Waals surface area contributed by atoms with E-state index in [0.29, 0.717) is 17.9 Å². The van der Waals surface area contributed by atoms with E-state index in [9.17, 15) is 9.59 Å². The van der Waals surface area contributed by atoms with Crippen LogP contribution >= 0.6 is 11.3 Å². The molecule has 26 heavy (non-hydrogen) atoms. The predicted molar refractivity (Wildman–Crippen MR) is 105 cm³/mol. The summed E-state index contributed by atoms with van der Waals surface area (Å²) in [6.07, 6.45) is 1.99. The molecule has 2 heterocycles. The quantitative estimate of drug-likeness (QED) is 0.615. The van der Waals surface area contributed by atoms with Gasteiger partial charge in [-0.1, -0.05) is 12.1 Å². The van der Waals surface area contributed by atoms with Crippen molar-refractivity contribution in [3.05, 3.63) is 65.0 Å². The first kappa shape index (κ1) is 17.6. The maximum absolute atomic E-state index is 12.0. The van der Waals surface area contributed by atoms with Crippen LogP contribution in [0.1, 0.15) is 11.8 Å². The molecule has 0 saturated carbocycles. The standard InChI is InChI=1S/C19H18N4O2S/c1-13(24)21-14-4-2-5-15(10-14)22-16-7-8-18(20-12-16)23-19(25)11-17-6-3-9-26-17/h2-10,12,22H,11H2,1H3,(H,21,24)(H,20,23,25). The number of nitrogens with zero attached hydrogens (tertiary/aromatic N) is 1. The molecule has 7 heteroatoms. The predicted octanol–water partition coefficient (Wildman–Crippen LogP) is 4.03. The number of hydrogen-bond donors (Lipinski definition) is 3. The lowest BCUT2D eigenvalue weighted by Crippen LogP contribution is -2.14. The van der Waals surface area contributed by atoms with Gasteiger partial charge in [0.2, 0.25) is 11.8 Å². The fourth-order valence-corrected chi connectivity index (χ4v) is 3.05. The van der Waals surface area contributed by atoms with Gasteiger partial charge in [-0.05, 0) is 41.8 Å². The van der Waals surface area contributed by atoms with Crippen LogP contribution in [0.25, 0.3) is 0 Å². The molecule has 0 aliphatic rings. The fraction of sp³-hybridized carbons (Fsp3) is 0.105. The number of aromatic nitrogens is 1. The summed E-state index contributed by atoms with van der Waals surface area (Å²) in [6.45, 7) is 1.47. The van der Waals surface area contributed by atoms with Crippen LogP contribution < -0.4 is 16.0 Å². The van der Waals surface area contributed by atoms with Gasteiger partial charge < -0.3 is 16.0 Å². The molecule has 0 atom stereocenters. The minimum atomic E-state index is -0.119. The van der Waals surface area contributed by atoms with E-state index < -0.39 is 0 Å². The number of anilines is 4. The van der Waals surface area contributed by atoms with E-state index in [0.717, 1.165) is 16.3 Å². The van der Waals surface area contributed by atoms with Crippen molar-refractivity contribution in [2.75, 3.05) is 16.0 Å². The normalized spacial score (nSPS) is 10.2. The number of hydrogen-bond acceptors (Lipinski definition) is 5. The Bertz CT molecular complexity index is 892. The summed E-state index contributed by atoms with van der Waals surface area (Å²) in [5.41, 5.74) is 2.32. The highest BCUT2D eigenvalue weighted by molar-refractivity contribution is 7.10. The van der Waals surface area contributed by atoms with Gasteiger partial charge in [-0.25, -0.2) is 4.98 Å². The van der Waals surface area contributed by atoms with Gasteiger partial charge in [-0.15, -0.1) is 11.3 Å². The van der Waals surface area contributed by atoms with E-state index >= 15 is 0 Å². The number of pyridine rings is 1. The summed E-state index contributed by atoms with van der Waals surface area (Å²) in [5.74, 6) is 0.291. The van der Waals surface area contributed by atoms with Crippen molar-refractivity contribution in [3.63, 3.8) is 0 Å². The van der Waals surface area contributed by atoms with Crippen LogP contribution in [-0.4, -0.2) is 16.8 Å². The van der Waals surface area contributed by atoms with Crippen molar-refractivity contribution >= 4 is 46.0 Å². The number of rotatable bonds is 6.